The number of allylic oxidation sites excluding steroid dienone is 2. The molecule has 4 nitrogen and oxygen atoms in total. The van der Waals surface area contributed by atoms with Gasteiger partial charge in [-0.3, -0.25) is 0 Å². The molecule has 1 N–H and O–H groups in total. The van der Waals surface area contributed by atoms with Crippen molar-refractivity contribution in [3.63, 3.8) is 0 Å². The van der Waals surface area contributed by atoms with Crippen LogP contribution in [0.3, 0.4) is 0 Å². The van der Waals surface area contributed by atoms with Crippen LogP contribution in [0.4, 0.5) is 5.69 Å². The maximum absolute atomic E-state index is 9.31. The van der Waals surface area contributed by atoms with Gasteiger partial charge >= 0.3 is 0 Å². The van der Waals surface area contributed by atoms with Gasteiger partial charge in [0.15, 0.2) is 0 Å². The Labute approximate surface area is 177 Å². The number of aliphatic imine (C=N–C) groups is 1. The van der Waals surface area contributed by atoms with Crippen LogP contribution in [0.5, 0.6) is 0 Å². The normalized spacial score (nSPS) is 21.7. The maximum atomic E-state index is 9.31. The Balaban J connectivity index is 1.62. The molecule has 3 aliphatic rings. The van der Waals surface area contributed by atoms with Crippen molar-refractivity contribution < 1.29 is 14.6 Å². The highest BCUT2D eigenvalue weighted by Gasteiger charge is 2.42. The molecule has 1 atom stereocenters. The van der Waals surface area contributed by atoms with Gasteiger partial charge in [0.2, 0.25) is 0 Å². The quantitative estimate of drug-likeness (QED) is 0.731. The summed E-state index contributed by atoms with van der Waals surface area (Å²) >= 11 is 0. The first kappa shape index (κ1) is 19.3. The summed E-state index contributed by atoms with van der Waals surface area (Å²) < 4.78 is 11.9. The van der Waals surface area contributed by atoms with E-state index in [0.717, 1.165) is 64.3 Å². The molecule has 5 rings (SSSR count). The van der Waals surface area contributed by atoms with Crippen molar-refractivity contribution in [2.24, 2.45) is 4.99 Å². The lowest BCUT2D eigenvalue weighted by Crippen LogP contribution is -2.37. The van der Waals surface area contributed by atoms with Crippen LogP contribution in [0.1, 0.15) is 44.2 Å². The van der Waals surface area contributed by atoms with Gasteiger partial charge in [-0.2, -0.15) is 0 Å². The van der Waals surface area contributed by atoms with Gasteiger partial charge in [0.05, 0.1) is 30.4 Å². The second kappa shape index (κ2) is 7.22. The summed E-state index contributed by atoms with van der Waals surface area (Å²) in [5.41, 5.74) is 8.44. The van der Waals surface area contributed by atoms with E-state index < -0.39 is 0 Å². The van der Waals surface area contributed by atoms with E-state index in [1.54, 1.807) is 7.11 Å². The van der Waals surface area contributed by atoms with Crippen molar-refractivity contribution in [1.29, 1.82) is 0 Å². The second-order valence-electron chi connectivity index (χ2n) is 8.78. The highest BCUT2D eigenvalue weighted by molar-refractivity contribution is 6.17. The fourth-order valence-electron chi connectivity index (χ4n) is 4.83. The lowest BCUT2D eigenvalue weighted by molar-refractivity contribution is 0.111. The van der Waals surface area contributed by atoms with Gasteiger partial charge in [-0.05, 0) is 47.2 Å². The molecule has 0 fully saturated rings. The number of rotatable bonds is 3. The van der Waals surface area contributed by atoms with Crippen LogP contribution < -0.4 is 0 Å². The van der Waals surface area contributed by atoms with Crippen molar-refractivity contribution in [1.82, 2.24) is 0 Å². The SMILES string of the molecule is COC1CCCC2=C1C1=Nc3ccc(-c4ccc(CO)cc4)cc3C(C)(C)C1=CO2. The van der Waals surface area contributed by atoms with E-state index in [0.29, 0.717) is 0 Å². The van der Waals surface area contributed by atoms with Crippen LogP contribution in [-0.2, 0) is 21.5 Å². The summed E-state index contributed by atoms with van der Waals surface area (Å²) in [5.74, 6) is 1.01. The molecule has 0 radical (unpaired) electrons. The van der Waals surface area contributed by atoms with E-state index in [2.05, 4.69) is 44.2 Å². The standard InChI is InChI=1S/C26H27NO3/c1-26(2)19-13-18(17-9-7-16(14-28)8-10-17)11-12-21(19)27-25-20(26)15-30-23-6-4-5-22(29-3)24(23)25/h7-13,15,22,28H,4-6,14H2,1-3H3. The third-order valence-electron chi connectivity index (χ3n) is 6.65. The summed E-state index contributed by atoms with van der Waals surface area (Å²) in [6.07, 6.45) is 4.96. The van der Waals surface area contributed by atoms with Crippen molar-refractivity contribution in [2.75, 3.05) is 7.11 Å². The molecule has 154 valence electrons. The Morgan fingerprint density at radius 3 is 2.63 bits per heavy atom. The molecule has 0 saturated carbocycles. The minimum Gasteiger partial charge on any atom is -0.468 e. The zero-order valence-corrected chi connectivity index (χ0v) is 17.7. The van der Waals surface area contributed by atoms with Crippen LogP contribution in [0.15, 0.2) is 70.6 Å². The Morgan fingerprint density at radius 2 is 1.90 bits per heavy atom. The summed E-state index contributed by atoms with van der Waals surface area (Å²) in [7, 11) is 1.77. The molecule has 2 aliphatic heterocycles. The Kier molecular flexibility index (Phi) is 4.64. The lowest BCUT2D eigenvalue weighted by Gasteiger charge is -2.40. The minimum absolute atomic E-state index is 0.0397. The predicted octanol–water partition coefficient (Wildman–Crippen LogP) is 5.58. The van der Waals surface area contributed by atoms with Crippen molar-refractivity contribution in [3.05, 3.63) is 76.8 Å². The molecule has 2 heterocycles. The summed E-state index contributed by atoms with van der Waals surface area (Å²) in [4.78, 5) is 5.11. The zero-order chi connectivity index (χ0) is 20.9. The molecular weight excluding hydrogens is 374 g/mol. The van der Waals surface area contributed by atoms with Crippen molar-refractivity contribution in [2.45, 2.75) is 51.2 Å². The van der Waals surface area contributed by atoms with Gasteiger partial charge < -0.3 is 14.6 Å². The average Bonchev–Trinajstić information content (AvgIpc) is 2.78. The summed E-state index contributed by atoms with van der Waals surface area (Å²) in [6, 6.07) is 14.5. The maximum Gasteiger partial charge on any atom is 0.111 e. The van der Waals surface area contributed by atoms with Gasteiger partial charge in [0.1, 0.15) is 5.76 Å². The smallest absolute Gasteiger partial charge is 0.111 e. The topological polar surface area (TPSA) is 51.0 Å². The first-order valence-electron chi connectivity index (χ1n) is 10.6. The van der Waals surface area contributed by atoms with Crippen LogP contribution in [0.25, 0.3) is 11.1 Å². The Hall–Kier alpha value is -2.69. The predicted molar refractivity (Wildman–Crippen MR) is 119 cm³/mol. The lowest BCUT2D eigenvalue weighted by atomic mass is 9.70. The largest absolute Gasteiger partial charge is 0.468 e. The van der Waals surface area contributed by atoms with Gasteiger partial charge in [0, 0.05) is 30.1 Å². The monoisotopic (exact) mass is 401 g/mol. The average molecular weight is 402 g/mol. The fraction of sp³-hybridized carbons (Fsp3) is 0.346. The van der Waals surface area contributed by atoms with Crippen molar-refractivity contribution in [3.8, 4) is 11.1 Å². The first-order chi connectivity index (χ1) is 14.5. The third kappa shape index (κ3) is 2.94. The number of ether oxygens (including phenoxy) is 2. The minimum atomic E-state index is -0.234. The number of hydrogen-bond donors (Lipinski definition) is 1. The molecule has 30 heavy (non-hydrogen) atoms. The van der Waals surface area contributed by atoms with Gasteiger partial charge in [-0.25, -0.2) is 4.99 Å². The number of aliphatic hydroxyl groups is 1. The van der Waals surface area contributed by atoms with Crippen LogP contribution in [0.2, 0.25) is 0 Å². The molecular formula is C26H27NO3. The number of fused-ring (bicyclic) bond motifs is 3. The molecule has 2 aromatic rings. The Bertz CT molecular complexity index is 1090. The molecule has 0 bridgehead atoms. The zero-order valence-electron chi connectivity index (χ0n) is 17.7. The fourth-order valence-corrected chi connectivity index (χ4v) is 4.83. The highest BCUT2D eigenvalue weighted by atomic mass is 16.5. The molecule has 1 aliphatic carbocycles. The third-order valence-corrected chi connectivity index (χ3v) is 6.65. The molecule has 0 amide bonds. The molecule has 0 spiro atoms. The number of hydrogen-bond acceptors (Lipinski definition) is 4. The van der Waals surface area contributed by atoms with Crippen LogP contribution in [-0.4, -0.2) is 24.0 Å². The number of aliphatic hydroxyl groups excluding tert-OH is 1. The second-order valence-corrected chi connectivity index (χ2v) is 8.78. The Morgan fingerprint density at radius 1 is 1.13 bits per heavy atom. The van der Waals surface area contributed by atoms with Gasteiger partial charge in [-0.1, -0.05) is 44.2 Å². The van der Waals surface area contributed by atoms with Crippen molar-refractivity contribution >= 4 is 11.4 Å². The molecule has 0 aromatic heterocycles. The van der Waals surface area contributed by atoms with Gasteiger partial charge in [-0.15, -0.1) is 0 Å². The van der Waals surface area contributed by atoms with E-state index in [-0.39, 0.29) is 18.1 Å². The van der Waals surface area contributed by atoms with E-state index >= 15 is 0 Å². The molecule has 0 saturated heterocycles. The van der Waals surface area contributed by atoms with E-state index in [1.807, 2.05) is 18.4 Å². The number of methoxy groups -OCH3 is 1. The molecule has 4 heteroatoms. The summed E-state index contributed by atoms with van der Waals surface area (Å²) in [6.45, 7) is 4.54. The number of nitrogens with zero attached hydrogens (tertiary/aromatic N) is 1. The molecule has 2 aromatic carbocycles. The van der Waals surface area contributed by atoms with Crippen LogP contribution in [0, 0.1) is 0 Å². The van der Waals surface area contributed by atoms with E-state index in [4.69, 9.17) is 14.5 Å². The highest BCUT2D eigenvalue weighted by Crippen LogP contribution is 2.48. The van der Waals surface area contributed by atoms with E-state index in [9.17, 15) is 5.11 Å². The number of benzene rings is 2. The molecule has 1 unspecified atom stereocenters. The van der Waals surface area contributed by atoms with E-state index in [1.165, 1.54) is 5.56 Å². The summed E-state index contributed by atoms with van der Waals surface area (Å²) in [5, 5.41) is 9.31. The first-order valence-corrected chi connectivity index (χ1v) is 10.6. The van der Waals surface area contributed by atoms with Crippen LogP contribution >= 0.6 is 0 Å². The van der Waals surface area contributed by atoms with Gasteiger partial charge in [0.25, 0.3) is 0 Å².